The maximum absolute atomic E-state index is 5.94. The third kappa shape index (κ3) is 8.65. The molecule has 0 fully saturated rings. The van der Waals surface area contributed by atoms with Crippen molar-refractivity contribution in [3.05, 3.63) is 96.7 Å². The molecule has 0 aliphatic rings. The Morgan fingerprint density at radius 3 is 1.37 bits per heavy atom. The third-order valence-corrected chi connectivity index (χ3v) is 6.45. The maximum Gasteiger partial charge on any atom is 0.119 e. The molecular weight excluding hydrogens is 470 g/mol. The van der Waals surface area contributed by atoms with Crippen molar-refractivity contribution < 1.29 is 14.2 Å². The Balaban J connectivity index is 1.08. The van der Waals surface area contributed by atoms with Gasteiger partial charge in [-0.05, 0) is 110 Å². The number of unbranched alkanes of at least 4 members (excludes halogenated alkanes) is 4. The summed E-state index contributed by atoms with van der Waals surface area (Å²) in [5.74, 6) is 2.75. The van der Waals surface area contributed by atoms with Crippen molar-refractivity contribution in [3.63, 3.8) is 0 Å². The summed E-state index contributed by atoms with van der Waals surface area (Å²) in [6.07, 6.45) is 8.47. The molecule has 0 atom stereocenters. The zero-order valence-corrected chi connectivity index (χ0v) is 22.7. The molecule has 4 rings (SSSR count). The molecule has 4 aromatic rings. The van der Waals surface area contributed by atoms with Crippen LogP contribution in [0, 0.1) is 6.92 Å². The number of aromatic nitrogens is 1. The zero-order valence-electron chi connectivity index (χ0n) is 22.7. The molecule has 1 heterocycles. The molecule has 0 saturated carbocycles. The number of aryl methyl sites for hydroxylation is 1. The van der Waals surface area contributed by atoms with Crippen molar-refractivity contribution >= 4 is 0 Å². The second-order valence-electron chi connectivity index (χ2n) is 9.61. The van der Waals surface area contributed by atoms with Crippen LogP contribution in [0.2, 0.25) is 0 Å². The second-order valence-corrected chi connectivity index (χ2v) is 9.61. The van der Waals surface area contributed by atoms with Gasteiger partial charge in [-0.2, -0.15) is 0 Å². The lowest BCUT2D eigenvalue weighted by Gasteiger charge is -2.09. The number of benzene rings is 3. The molecule has 0 radical (unpaired) electrons. The van der Waals surface area contributed by atoms with Gasteiger partial charge in [0.15, 0.2) is 0 Å². The Kier molecular flexibility index (Phi) is 10.6. The fourth-order valence-corrected chi connectivity index (χ4v) is 4.12. The van der Waals surface area contributed by atoms with Crippen molar-refractivity contribution in [1.82, 2.24) is 4.98 Å². The first-order valence-electron chi connectivity index (χ1n) is 13.8. The lowest BCUT2D eigenvalue weighted by atomic mass is 10.1. The standard InChI is InChI=1S/C34H39NO3/c1-3-4-23-36-31-16-10-28(11-17-31)29-12-18-32(19-13-29)37-24-7-5-6-8-25-38-33-20-14-30(15-21-33)34-22-9-27(2)26-35-34/h9-22,26H,3-8,23-25H2,1-2H3. The smallest absolute Gasteiger partial charge is 0.119 e. The first-order valence-corrected chi connectivity index (χ1v) is 13.8. The van der Waals surface area contributed by atoms with Gasteiger partial charge in [-0.3, -0.25) is 4.98 Å². The summed E-state index contributed by atoms with van der Waals surface area (Å²) in [5.41, 5.74) is 5.62. The maximum atomic E-state index is 5.94. The molecule has 0 unspecified atom stereocenters. The van der Waals surface area contributed by atoms with Crippen molar-refractivity contribution in [2.75, 3.05) is 19.8 Å². The Bertz CT molecular complexity index is 1200. The van der Waals surface area contributed by atoms with Gasteiger partial charge in [0, 0.05) is 11.8 Å². The number of nitrogens with zero attached hydrogens (tertiary/aromatic N) is 1. The van der Waals surface area contributed by atoms with E-state index < -0.39 is 0 Å². The number of hydrogen-bond donors (Lipinski definition) is 0. The molecular formula is C34H39NO3. The highest BCUT2D eigenvalue weighted by Crippen LogP contribution is 2.25. The number of ether oxygens (including phenoxy) is 3. The molecule has 3 aromatic carbocycles. The highest BCUT2D eigenvalue weighted by Gasteiger charge is 2.02. The van der Waals surface area contributed by atoms with E-state index >= 15 is 0 Å². The molecule has 0 amide bonds. The van der Waals surface area contributed by atoms with E-state index in [0.717, 1.165) is 86.9 Å². The lowest BCUT2D eigenvalue weighted by Crippen LogP contribution is -2.00. The van der Waals surface area contributed by atoms with Crippen LogP contribution in [0.5, 0.6) is 17.2 Å². The fraction of sp³-hybridized carbons (Fsp3) is 0.324. The minimum atomic E-state index is 0.732. The van der Waals surface area contributed by atoms with Crippen LogP contribution < -0.4 is 14.2 Å². The van der Waals surface area contributed by atoms with Gasteiger partial charge in [-0.1, -0.05) is 43.7 Å². The van der Waals surface area contributed by atoms with Crippen LogP contribution in [-0.4, -0.2) is 24.8 Å². The third-order valence-electron chi connectivity index (χ3n) is 6.45. The minimum absolute atomic E-state index is 0.732. The Labute approximate surface area is 227 Å². The zero-order chi connectivity index (χ0) is 26.4. The molecule has 38 heavy (non-hydrogen) atoms. The van der Waals surface area contributed by atoms with Gasteiger partial charge in [0.1, 0.15) is 17.2 Å². The van der Waals surface area contributed by atoms with E-state index in [2.05, 4.69) is 72.6 Å². The van der Waals surface area contributed by atoms with E-state index in [0.29, 0.717) is 0 Å². The van der Waals surface area contributed by atoms with Gasteiger partial charge in [0.25, 0.3) is 0 Å². The molecule has 0 saturated heterocycles. The summed E-state index contributed by atoms with van der Waals surface area (Å²) in [6.45, 7) is 6.46. The first kappa shape index (κ1) is 27.3. The van der Waals surface area contributed by atoms with Crippen LogP contribution in [-0.2, 0) is 0 Å². The SMILES string of the molecule is CCCCOc1ccc(-c2ccc(OCCCCCCOc3ccc(-c4ccc(C)cn4)cc3)cc2)cc1. The van der Waals surface area contributed by atoms with Gasteiger partial charge in [-0.25, -0.2) is 0 Å². The molecule has 0 bridgehead atoms. The summed E-state index contributed by atoms with van der Waals surface area (Å²) in [7, 11) is 0. The van der Waals surface area contributed by atoms with Crippen LogP contribution in [0.25, 0.3) is 22.4 Å². The highest BCUT2D eigenvalue weighted by molar-refractivity contribution is 5.65. The molecule has 0 aliphatic heterocycles. The van der Waals surface area contributed by atoms with Crippen molar-refractivity contribution in [1.29, 1.82) is 0 Å². The van der Waals surface area contributed by atoms with Gasteiger partial charge in [-0.15, -0.1) is 0 Å². The molecule has 0 N–H and O–H groups in total. The van der Waals surface area contributed by atoms with Crippen LogP contribution in [0.4, 0.5) is 0 Å². The second kappa shape index (κ2) is 14.8. The normalized spacial score (nSPS) is 10.8. The molecule has 1 aromatic heterocycles. The largest absolute Gasteiger partial charge is 0.494 e. The Hall–Kier alpha value is -3.79. The Morgan fingerprint density at radius 2 is 0.947 bits per heavy atom. The number of rotatable bonds is 15. The van der Waals surface area contributed by atoms with Gasteiger partial charge < -0.3 is 14.2 Å². The van der Waals surface area contributed by atoms with Crippen LogP contribution >= 0.6 is 0 Å². The van der Waals surface area contributed by atoms with Gasteiger partial charge in [0.05, 0.1) is 25.5 Å². The predicted octanol–water partition coefficient (Wildman–Crippen LogP) is 8.92. The van der Waals surface area contributed by atoms with E-state index in [1.807, 2.05) is 37.4 Å². The fourth-order valence-electron chi connectivity index (χ4n) is 4.12. The monoisotopic (exact) mass is 509 g/mol. The van der Waals surface area contributed by atoms with E-state index in [-0.39, 0.29) is 0 Å². The number of hydrogen-bond acceptors (Lipinski definition) is 4. The van der Waals surface area contributed by atoms with Crippen LogP contribution in [0.3, 0.4) is 0 Å². The van der Waals surface area contributed by atoms with E-state index in [9.17, 15) is 0 Å². The summed E-state index contributed by atoms with van der Waals surface area (Å²) in [6, 6.07) is 28.9. The summed E-state index contributed by atoms with van der Waals surface area (Å²) in [4.78, 5) is 4.48. The Morgan fingerprint density at radius 1 is 0.500 bits per heavy atom. The molecule has 0 spiro atoms. The van der Waals surface area contributed by atoms with Crippen molar-refractivity contribution in [3.8, 4) is 39.6 Å². The van der Waals surface area contributed by atoms with Crippen molar-refractivity contribution in [2.24, 2.45) is 0 Å². The lowest BCUT2D eigenvalue weighted by molar-refractivity contribution is 0.287. The van der Waals surface area contributed by atoms with Crippen LogP contribution in [0.15, 0.2) is 91.1 Å². The van der Waals surface area contributed by atoms with Crippen molar-refractivity contribution in [2.45, 2.75) is 52.4 Å². The molecule has 0 aliphatic carbocycles. The summed E-state index contributed by atoms with van der Waals surface area (Å²) in [5, 5.41) is 0. The van der Waals surface area contributed by atoms with E-state index in [4.69, 9.17) is 14.2 Å². The highest BCUT2D eigenvalue weighted by atomic mass is 16.5. The van der Waals surface area contributed by atoms with E-state index in [1.54, 1.807) is 0 Å². The molecule has 4 nitrogen and oxygen atoms in total. The first-order chi connectivity index (χ1) is 18.7. The van der Waals surface area contributed by atoms with Gasteiger partial charge >= 0.3 is 0 Å². The van der Waals surface area contributed by atoms with Gasteiger partial charge in [0.2, 0.25) is 0 Å². The average Bonchev–Trinajstić information content (AvgIpc) is 2.96. The molecule has 4 heteroatoms. The summed E-state index contributed by atoms with van der Waals surface area (Å²) >= 11 is 0. The predicted molar refractivity (Wildman–Crippen MR) is 156 cm³/mol. The summed E-state index contributed by atoms with van der Waals surface area (Å²) < 4.78 is 17.6. The minimum Gasteiger partial charge on any atom is -0.494 e. The quantitative estimate of drug-likeness (QED) is 0.150. The molecule has 198 valence electrons. The van der Waals surface area contributed by atoms with E-state index in [1.165, 1.54) is 16.7 Å². The average molecular weight is 510 g/mol. The number of pyridine rings is 1. The van der Waals surface area contributed by atoms with Crippen LogP contribution in [0.1, 0.15) is 51.0 Å². The topological polar surface area (TPSA) is 40.6 Å².